The molecule has 0 bridgehead atoms. The lowest BCUT2D eigenvalue weighted by Crippen LogP contribution is -2.50. The number of hydrogen-bond donors (Lipinski definition) is 0. The van der Waals surface area contributed by atoms with Crippen LogP contribution in [0.15, 0.2) is 0 Å². The Kier molecular flexibility index (Phi) is 4.14. The smallest absolute Gasteiger partial charge is 0.225 e. The number of likely N-dealkylation sites (N-methyl/N-ethyl adjacent to an activating group) is 2. The molecule has 0 aromatic heterocycles. The maximum atomic E-state index is 11.9. The van der Waals surface area contributed by atoms with Gasteiger partial charge in [0.2, 0.25) is 5.91 Å². The molecule has 0 saturated carbocycles. The molecule has 1 aliphatic rings. The molecule has 1 amide bonds. The maximum Gasteiger partial charge on any atom is 0.225 e. The quantitative estimate of drug-likeness (QED) is 0.691. The van der Waals surface area contributed by atoms with Crippen LogP contribution in [0.5, 0.6) is 0 Å². The van der Waals surface area contributed by atoms with Crippen molar-refractivity contribution in [2.24, 2.45) is 11.8 Å². The summed E-state index contributed by atoms with van der Waals surface area (Å²) < 4.78 is 0. The van der Waals surface area contributed by atoms with Gasteiger partial charge in [0.05, 0.1) is 0 Å². The number of nitrogens with zero attached hydrogens (tertiary/aromatic N) is 2. The van der Waals surface area contributed by atoms with Gasteiger partial charge in [-0.3, -0.25) is 4.79 Å². The second kappa shape index (κ2) is 4.97. The van der Waals surface area contributed by atoms with E-state index in [0.717, 1.165) is 19.5 Å². The van der Waals surface area contributed by atoms with E-state index in [1.54, 1.807) is 0 Å². The van der Waals surface area contributed by atoms with Gasteiger partial charge < -0.3 is 9.80 Å². The second-order valence-electron chi connectivity index (χ2n) is 5.32. The molecular formula is C12H24N2O. The van der Waals surface area contributed by atoms with Gasteiger partial charge in [-0.2, -0.15) is 0 Å². The molecule has 1 saturated heterocycles. The van der Waals surface area contributed by atoms with E-state index >= 15 is 0 Å². The van der Waals surface area contributed by atoms with E-state index in [1.165, 1.54) is 0 Å². The summed E-state index contributed by atoms with van der Waals surface area (Å²) in [5, 5.41) is 0. The zero-order valence-electron chi connectivity index (χ0n) is 10.7. The van der Waals surface area contributed by atoms with Crippen LogP contribution in [0.2, 0.25) is 0 Å². The lowest BCUT2D eigenvalue weighted by atomic mass is 9.95. The van der Waals surface area contributed by atoms with Crippen molar-refractivity contribution in [1.82, 2.24) is 9.80 Å². The van der Waals surface area contributed by atoms with Gasteiger partial charge in [0.1, 0.15) is 0 Å². The highest BCUT2D eigenvalue weighted by atomic mass is 16.2. The minimum atomic E-state index is 0.109. The van der Waals surface area contributed by atoms with E-state index in [-0.39, 0.29) is 11.8 Å². The number of piperidine rings is 1. The van der Waals surface area contributed by atoms with E-state index in [1.807, 2.05) is 25.8 Å². The zero-order valence-corrected chi connectivity index (χ0v) is 10.7. The summed E-state index contributed by atoms with van der Waals surface area (Å²) in [6.07, 6.45) is 1.14. The lowest BCUT2D eigenvalue weighted by Gasteiger charge is -2.39. The predicted octanol–water partition coefficient (Wildman–Crippen LogP) is 1.44. The molecule has 2 unspecified atom stereocenters. The van der Waals surface area contributed by atoms with E-state index in [2.05, 4.69) is 18.9 Å². The highest BCUT2D eigenvalue weighted by Crippen LogP contribution is 2.19. The number of hydrogen-bond acceptors (Lipinski definition) is 2. The van der Waals surface area contributed by atoms with E-state index in [9.17, 15) is 4.79 Å². The largest absolute Gasteiger partial charge is 0.341 e. The number of rotatable bonds is 2. The van der Waals surface area contributed by atoms with Crippen LogP contribution >= 0.6 is 0 Å². The van der Waals surface area contributed by atoms with E-state index in [4.69, 9.17) is 0 Å². The number of carbonyl (C=O) groups is 1. The van der Waals surface area contributed by atoms with Gasteiger partial charge in [0.15, 0.2) is 0 Å². The Labute approximate surface area is 93.4 Å². The first-order chi connectivity index (χ1) is 6.91. The first-order valence-electron chi connectivity index (χ1n) is 5.87. The molecule has 0 aromatic carbocycles. The standard InChI is InChI=1S/C12H24N2O/c1-9(2)12(15)14(5)11-6-10(3)7-13(4)8-11/h9-11H,6-8H2,1-5H3. The Hall–Kier alpha value is -0.570. The highest BCUT2D eigenvalue weighted by molar-refractivity contribution is 5.78. The van der Waals surface area contributed by atoms with Gasteiger partial charge >= 0.3 is 0 Å². The second-order valence-corrected chi connectivity index (χ2v) is 5.32. The van der Waals surface area contributed by atoms with Crippen molar-refractivity contribution < 1.29 is 4.79 Å². The fourth-order valence-corrected chi connectivity index (χ4v) is 2.45. The number of carbonyl (C=O) groups excluding carboxylic acids is 1. The molecule has 1 heterocycles. The first kappa shape index (κ1) is 12.5. The van der Waals surface area contributed by atoms with Crippen LogP contribution in [-0.2, 0) is 4.79 Å². The monoisotopic (exact) mass is 212 g/mol. The Morgan fingerprint density at radius 1 is 1.40 bits per heavy atom. The Morgan fingerprint density at radius 2 is 2.00 bits per heavy atom. The van der Waals surface area contributed by atoms with Gasteiger partial charge in [-0.15, -0.1) is 0 Å². The molecule has 2 atom stereocenters. The predicted molar refractivity (Wildman–Crippen MR) is 62.7 cm³/mol. The summed E-state index contributed by atoms with van der Waals surface area (Å²) in [4.78, 5) is 16.1. The van der Waals surface area contributed by atoms with E-state index < -0.39 is 0 Å². The molecule has 3 nitrogen and oxygen atoms in total. The van der Waals surface area contributed by atoms with Crippen LogP contribution in [0.1, 0.15) is 27.2 Å². The van der Waals surface area contributed by atoms with Crippen LogP contribution < -0.4 is 0 Å². The average molecular weight is 212 g/mol. The van der Waals surface area contributed by atoms with Gasteiger partial charge in [-0.25, -0.2) is 0 Å². The van der Waals surface area contributed by atoms with Crippen LogP contribution in [0.3, 0.4) is 0 Å². The maximum absolute atomic E-state index is 11.9. The van der Waals surface area contributed by atoms with Gasteiger partial charge in [0, 0.05) is 32.1 Å². The molecule has 0 N–H and O–H groups in total. The third-order valence-corrected chi connectivity index (χ3v) is 3.21. The van der Waals surface area contributed by atoms with Crippen molar-refractivity contribution in [1.29, 1.82) is 0 Å². The molecule has 0 aromatic rings. The third kappa shape index (κ3) is 3.20. The molecule has 0 aliphatic carbocycles. The normalized spacial score (nSPS) is 28.1. The van der Waals surface area contributed by atoms with E-state index in [0.29, 0.717) is 12.0 Å². The lowest BCUT2D eigenvalue weighted by molar-refractivity contribution is -0.136. The van der Waals surface area contributed by atoms with Crippen LogP contribution in [0, 0.1) is 11.8 Å². The molecule has 0 radical (unpaired) electrons. The van der Waals surface area contributed by atoms with Crippen molar-refractivity contribution >= 4 is 5.91 Å². The Bertz CT molecular complexity index is 218. The average Bonchev–Trinajstić information content (AvgIpc) is 2.13. The Morgan fingerprint density at radius 3 is 2.47 bits per heavy atom. The molecule has 0 spiro atoms. The highest BCUT2D eigenvalue weighted by Gasteiger charge is 2.28. The van der Waals surface area contributed by atoms with Gasteiger partial charge in [-0.05, 0) is 19.4 Å². The topological polar surface area (TPSA) is 23.6 Å². The molecular weight excluding hydrogens is 188 g/mol. The van der Waals surface area contributed by atoms with Crippen molar-refractivity contribution in [2.75, 3.05) is 27.2 Å². The molecule has 88 valence electrons. The van der Waals surface area contributed by atoms with Crippen molar-refractivity contribution in [3.8, 4) is 0 Å². The summed E-state index contributed by atoms with van der Waals surface area (Å²) in [5.41, 5.74) is 0. The SMILES string of the molecule is CC1CC(N(C)C(=O)C(C)C)CN(C)C1. The number of amides is 1. The van der Waals surface area contributed by atoms with Crippen LogP contribution in [0.4, 0.5) is 0 Å². The summed E-state index contributed by atoms with van der Waals surface area (Å²) in [5.74, 6) is 1.07. The first-order valence-corrected chi connectivity index (χ1v) is 5.87. The minimum absolute atomic E-state index is 0.109. The summed E-state index contributed by atoms with van der Waals surface area (Å²) >= 11 is 0. The molecule has 1 fully saturated rings. The van der Waals surface area contributed by atoms with Crippen LogP contribution in [0.25, 0.3) is 0 Å². The summed E-state index contributed by atoms with van der Waals surface area (Å²) in [6, 6.07) is 0.397. The minimum Gasteiger partial charge on any atom is -0.341 e. The zero-order chi connectivity index (χ0) is 11.6. The molecule has 15 heavy (non-hydrogen) atoms. The fourth-order valence-electron chi connectivity index (χ4n) is 2.45. The van der Waals surface area contributed by atoms with Crippen molar-refractivity contribution in [3.63, 3.8) is 0 Å². The molecule has 1 rings (SSSR count). The molecule has 3 heteroatoms. The van der Waals surface area contributed by atoms with Crippen molar-refractivity contribution in [3.05, 3.63) is 0 Å². The fraction of sp³-hybridized carbons (Fsp3) is 0.917. The summed E-state index contributed by atoms with van der Waals surface area (Å²) in [7, 11) is 4.08. The Balaban J connectivity index is 2.59. The van der Waals surface area contributed by atoms with Gasteiger partial charge in [0.25, 0.3) is 0 Å². The molecule has 1 aliphatic heterocycles. The van der Waals surface area contributed by atoms with Crippen LogP contribution in [-0.4, -0.2) is 48.9 Å². The van der Waals surface area contributed by atoms with Crippen molar-refractivity contribution in [2.45, 2.75) is 33.2 Å². The number of likely N-dealkylation sites (tertiary alicyclic amines) is 1. The third-order valence-electron chi connectivity index (χ3n) is 3.21. The summed E-state index contributed by atoms with van der Waals surface area (Å²) in [6.45, 7) is 8.36. The van der Waals surface area contributed by atoms with Gasteiger partial charge in [-0.1, -0.05) is 20.8 Å².